The second kappa shape index (κ2) is 6.48. The molecule has 6 heteroatoms. The molecule has 4 rings (SSSR count). The van der Waals surface area contributed by atoms with Crippen molar-refractivity contribution in [1.29, 1.82) is 0 Å². The molecule has 0 saturated carbocycles. The number of nitrogens with zero attached hydrogens (tertiary/aromatic N) is 2. The highest BCUT2D eigenvalue weighted by atomic mass is 16.5. The van der Waals surface area contributed by atoms with Crippen LogP contribution in [0.1, 0.15) is 6.92 Å². The number of amides is 2. The second-order valence-electron chi connectivity index (χ2n) is 6.07. The van der Waals surface area contributed by atoms with Crippen LogP contribution in [0.4, 0.5) is 11.4 Å². The molecule has 1 N–H and O–H groups in total. The van der Waals surface area contributed by atoms with Gasteiger partial charge in [-0.2, -0.15) is 0 Å². The number of fused-ring (bicyclic) bond motifs is 2. The van der Waals surface area contributed by atoms with E-state index in [1.165, 1.54) is 6.92 Å². The van der Waals surface area contributed by atoms with Crippen LogP contribution in [-0.4, -0.2) is 29.4 Å². The normalized spacial score (nSPS) is 15.9. The summed E-state index contributed by atoms with van der Waals surface area (Å²) in [4.78, 5) is 30.7. The van der Waals surface area contributed by atoms with Crippen molar-refractivity contribution in [1.82, 2.24) is 4.98 Å². The third-order valence-corrected chi connectivity index (χ3v) is 4.34. The molecule has 1 aliphatic heterocycles. The zero-order valence-corrected chi connectivity index (χ0v) is 14.2. The molecule has 0 bridgehead atoms. The van der Waals surface area contributed by atoms with E-state index in [9.17, 15) is 9.59 Å². The number of hydrogen-bond donors (Lipinski definition) is 1. The van der Waals surface area contributed by atoms with E-state index in [0.29, 0.717) is 22.6 Å². The molecule has 0 unspecified atom stereocenters. The number of hydrogen-bond acceptors (Lipinski definition) is 4. The molecule has 0 aliphatic carbocycles. The standard InChI is InChI=1S/C20H17N3O3/c1-13(24)23-12-18(26-17-10-3-2-9-16(17)23)20(25)22-15-8-4-6-14-7-5-11-21-19(14)15/h2-11,18H,12H2,1H3,(H,22,25)/t18-/m0/s1. The van der Waals surface area contributed by atoms with Gasteiger partial charge in [0.05, 0.1) is 23.4 Å². The lowest BCUT2D eigenvalue weighted by molar-refractivity contribution is -0.123. The van der Waals surface area contributed by atoms with Crippen molar-refractivity contribution in [2.45, 2.75) is 13.0 Å². The number of pyridine rings is 1. The number of anilines is 2. The Balaban J connectivity index is 1.62. The summed E-state index contributed by atoms with van der Waals surface area (Å²) in [5.74, 6) is 0.0689. The van der Waals surface area contributed by atoms with Crippen LogP contribution in [0.2, 0.25) is 0 Å². The number of para-hydroxylation sites is 3. The summed E-state index contributed by atoms with van der Waals surface area (Å²) < 4.78 is 5.83. The predicted octanol–water partition coefficient (Wildman–Crippen LogP) is 2.99. The maximum atomic E-state index is 12.8. The van der Waals surface area contributed by atoms with Gasteiger partial charge in [0, 0.05) is 18.5 Å². The van der Waals surface area contributed by atoms with Crippen LogP contribution in [0.25, 0.3) is 10.9 Å². The smallest absolute Gasteiger partial charge is 0.267 e. The number of carbonyl (C=O) groups excluding carboxylic acids is 2. The van der Waals surface area contributed by atoms with Crippen LogP contribution in [0.3, 0.4) is 0 Å². The molecule has 130 valence electrons. The van der Waals surface area contributed by atoms with Gasteiger partial charge in [-0.15, -0.1) is 0 Å². The fourth-order valence-electron chi connectivity index (χ4n) is 3.09. The van der Waals surface area contributed by atoms with Gasteiger partial charge < -0.3 is 15.0 Å². The van der Waals surface area contributed by atoms with Crippen molar-refractivity contribution in [2.75, 3.05) is 16.8 Å². The summed E-state index contributed by atoms with van der Waals surface area (Å²) >= 11 is 0. The minimum absolute atomic E-state index is 0.134. The Morgan fingerprint density at radius 3 is 2.77 bits per heavy atom. The predicted molar refractivity (Wildman–Crippen MR) is 99.3 cm³/mol. The summed E-state index contributed by atoms with van der Waals surface area (Å²) in [6.45, 7) is 1.64. The highest BCUT2D eigenvalue weighted by Gasteiger charge is 2.32. The summed E-state index contributed by atoms with van der Waals surface area (Å²) in [6, 6.07) is 16.6. The average Bonchev–Trinajstić information content (AvgIpc) is 2.67. The quantitative estimate of drug-likeness (QED) is 0.774. The summed E-state index contributed by atoms with van der Waals surface area (Å²) in [5.41, 5.74) is 2.00. The van der Waals surface area contributed by atoms with Gasteiger partial charge in [0.25, 0.3) is 5.91 Å². The first kappa shape index (κ1) is 16.1. The summed E-state index contributed by atoms with van der Waals surface area (Å²) in [7, 11) is 0. The molecule has 1 aliphatic rings. The van der Waals surface area contributed by atoms with Crippen molar-refractivity contribution >= 4 is 34.1 Å². The van der Waals surface area contributed by atoms with Gasteiger partial charge in [-0.05, 0) is 24.3 Å². The highest BCUT2D eigenvalue weighted by molar-refractivity contribution is 6.03. The van der Waals surface area contributed by atoms with E-state index in [4.69, 9.17) is 4.74 Å². The van der Waals surface area contributed by atoms with Crippen molar-refractivity contribution in [3.05, 3.63) is 60.8 Å². The maximum absolute atomic E-state index is 12.8. The number of ether oxygens (including phenoxy) is 1. The first-order valence-electron chi connectivity index (χ1n) is 8.32. The molecule has 2 amide bonds. The summed E-state index contributed by atoms with van der Waals surface area (Å²) in [6.07, 6.45) is 0.885. The minimum atomic E-state index is -0.798. The lowest BCUT2D eigenvalue weighted by Crippen LogP contribution is -2.48. The van der Waals surface area contributed by atoms with Gasteiger partial charge in [0.15, 0.2) is 6.10 Å². The van der Waals surface area contributed by atoms with E-state index in [2.05, 4.69) is 10.3 Å². The van der Waals surface area contributed by atoms with Gasteiger partial charge >= 0.3 is 0 Å². The van der Waals surface area contributed by atoms with Crippen LogP contribution in [-0.2, 0) is 9.59 Å². The molecule has 2 heterocycles. The molecule has 0 radical (unpaired) electrons. The molecule has 3 aromatic rings. The van der Waals surface area contributed by atoms with Crippen LogP contribution in [0.5, 0.6) is 5.75 Å². The third kappa shape index (κ3) is 2.86. The lowest BCUT2D eigenvalue weighted by atomic mass is 10.1. The van der Waals surface area contributed by atoms with E-state index in [0.717, 1.165) is 5.39 Å². The van der Waals surface area contributed by atoms with Crippen LogP contribution < -0.4 is 15.0 Å². The molecule has 0 saturated heterocycles. The molecule has 2 aromatic carbocycles. The van der Waals surface area contributed by atoms with Crippen molar-refractivity contribution in [3.63, 3.8) is 0 Å². The van der Waals surface area contributed by atoms with E-state index in [1.807, 2.05) is 36.4 Å². The summed E-state index contributed by atoms with van der Waals surface area (Å²) in [5, 5.41) is 3.82. The van der Waals surface area contributed by atoms with Gasteiger partial charge in [0.2, 0.25) is 5.91 Å². The number of carbonyl (C=O) groups is 2. The van der Waals surface area contributed by atoms with Gasteiger partial charge in [-0.25, -0.2) is 0 Å². The molecule has 1 aromatic heterocycles. The monoisotopic (exact) mass is 347 g/mol. The zero-order valence-electron chi connectivity index (χ0n) is 14.2. The molecular weight excluding hydrogens is 330 g/mol. The number of aromatic nitrogens is 1. The molecule has 26 heavy (non-hydrogen) atoms. The molecule has 1 atom stereocenters. The van der Waals surface area contributed by atoms with Gasteiger partial charge in [-0.1, -0.05) is 30.3 Å². The van der Waals surface area contributed by atoms with E-state index in [1.54, 1.807) is 29.3 Å². The highest BCUT2D eigenvalue weighted by Crippen LogP contribution is 2.33. The molecule has 0 spiro atoms. The van der Waals surface area contributed by atoms with Gasteiger partial charge in [0.1, 0.15) is 5.75 Å². The van der Waals surface area contributed by atoms with E-state index < -0.39 is 6.10 Å². The number of rotatable bonds is 2. The number of benzene rings is 2. The lowest BCUT2D eigenvalue weighted by Gasteiger charge is -2.33. The maximum Gasteiger partial charge on any atom is 0.267 e. The fourth-order valence-corrected chi connectivity index (χ4v) is 3.09. The Hall–Kier alpha value is -3.41. The van der Waals surface area contributed by atoms with Crippen LogP contribution in [0, 0.1) is 0 Å². The second-order valence-corrected chi connectivity index (χ2v) is 6.07. The molecule has 6 nitrogen and oxygen atoms in total. The SMILES string of the molecule is CC(=O)N1C[C@@H](C(=O)Nc2cccc3cccnc23)Oc2ccccc21. The Kier molecular flexibility index (Phi) is 4.01. The largest absolute Gasteiger partial charge is 0.476 e. The Bertz CT molecular complexity index is 997. The topological polar surface area (TPSA) is 71.5 Å². The number of nitrogens with one attached hydrogen (secondary N) is 1. The average molecular weight is 347 g/mol. The van der Waals surface area contributed by atoms with Crippen molar-refractivity contribution in [3.8, 4) is 5.75 Å². The Morgan fingerprint density at radius 2 is 1.92 bits per heavy atom. The van der Waals surface area contributed by atoms with Crippen LogP contribution >= 0.6 is 0 Å². The van der Waals surface area contributed by atoms with Gasteiger partial charge in [-0.3, -0.25) is 14.6 Å². The third-order valence-electron chi connectivity index (χ3n) is 4.34. The molecule has 0 fully saturated rings. The first-order valence-corrected chi connectivity index (χ1v) is 8.32. The zero-order chi connectivity index (χ0) is 18.1. The Labute approximate surface area is 150 Å². The van der Waals surface area contributed by atoms with Crippen molar-refractivity contribution in [2.24, 2.45) is 0 Å². The molecular formula is C20H17N3O3. The Morgan fingerprint density at radius 1 is 1.12 bits per heavy atom. The van der Waals surface area contributed by atoms with Crippen LogP contribution in [0.15, 0.2) is 60.8 Å². The fraction of sp³-hybridized carbons (Fsp3) is 0.150. The minimum Gasteiger partial charge on any atom is -0.476 e. The van der Waals surface area contributed by atoms with E-state index in [-0.39, 0.29) is 18.4 Å². The van der Waals surface area contributed by atoms with Crippen molar-refractivity contribution < 1.29 is 14.3 Å². The van der Waals surface area contributed by atoms with E-state index >= 15 is 0 Å². The first-order chi connectivity index (χ1) is 12.6.